The minimum Gasteiger partial charge on any atom is -0.459 e. The summed E-state index contributed by atoms with van der Waals surface area (Å²) >= 11 is 0. The maximum atomic E-state index is 13.2. The van der Waals surface area contributed by atoms with Crippen molar-refractivity contribution in [2.24, 2.45) is 17.8 Å². The molecule has 0 aromatic rings. The zero-order chi connectivity index (χ0) is 23.1. The Bertz CT molecular complexity index is 709. The average molecular weight is 451 g/mol. The molecule has 0 N–H and O–H groups in total. The molecular weight excluding hydrogens is 408 g/mol. The van der Waals surface area contributed by atoms with Crippen LogP contribution in [0, 0.1) is 17.8 Å². The van der Waals surface area contributed by atoms with Crippen molar-refractivity contribution in [3.8, 4) is 0 Å². The molecule has 1 spiro atoms. The Morgan fingerprint density at radius 2 is 1.97 bits per heavy atom. The number of allylic oxidation sites excluding steroid dienone is 1. The number of carbonyl (C=O) groups is 1. The van der Waals surface area contributed by atoms with E-state index in [0.29, 0.717) is 6.61 Å². The summed E-state index contributed by atoms with van der Waals surface area (Å²) in [5.41, 5.74) is 0.792. The second-order valence-corrected chi connectivity index (χ2v) is 11.0. The van der Waals surface area contributed by atoms with Gasteiger partial charge in [-0.15, -0.1) is 0 Å². The minimum atomic E-state index is -0.310. The lowest BCUT2D eigenvalue weighted by Gasteiger charge is -2.43. The fraction of sp³-hybridized carbons (Fsp3) is 0.885. The number of methoxy groups -OCH3 is 1. The Kier molecular flexibility index (Phi) is 7.07. The van der Waals surface area contributed by atoms with Crippen molar-refractivity contribution in [3.05, 3.63) is 11.6 Å². The molecule has 0 amide bonds. The summed E-state index contributed by atoms with van der Waals surface area (Å²) in [7, 11) is 1.73. The van der Waals surface area contributed by atoms with Crippen LogP contribution < -0.4 is 0 Å². The molecule has 4 fully saturated rings. The normalized spacial score (nSPS) is 42.8. The number of ether oxygens (including phenoxy) is 5. The van der Waals surface area contributed by atoms with Crippen molar-refractivity contribution in [2.45, 2.75) is 109 Å². The third kappa shape index (κ3) is 4.79. The third-order valence-corrected chi connectivity index (χ3v) is 8.11. The zero-order valence-electron chi connectivity index (χ0n) is 20.7. The fourth-order valence-electron chi connectivity index (χ4n) is 6.17. The monoisotopic (exact) mass is 450 g/mol. The molecule has 0 aromatic heterocycles. The Labute approximate surface area is 193 Å². The summed E-state index contributed by atoms with van der Waals surface area (Å²) in [5, 5.41) is 0. The van der Waals surface area contributed by atoms with Crippen LogP contribution >= 0.6 is 0 Å². The van der Waals surface area contributed by atoms with Crippen molar-refractivity contribution >= 4 is 5.97 Å². The van der Waals surface area contributed by atoms with Gasteiger partial charge >= 0.3 is 5.97 Å². The predicted molar refractivity (Wildman–Crippen MR) is 121 cm³/mol. The fourth-order valence-corrected chi connectivity index (χ4v) is 6.17. The summed E-state index contributed by atoms with van der Waals surface area (Å²) in [6.45, 7) is 11.8. The number of hydrogen-bond acceptors (Lipinski definition) is 6. The lowest BCUT2D eigenvalue weighted by atomic mass is 9.68. The lowest BCUT2D eigenvalue weighted by Crippen LogP contribution is -2.56. The average Bonchev–Trinajstić information content (AvgIpc) is 3.59. The van der Waals surface area contributed by atoms with Crippen molar-refractivity contribution in [1.82, 2.24) is 0 Å². The molecule has 6 nitrogen and oxygen atoms in total. The van der Waals surface area contributed by atoms with E-state index >= 15 is 0 Å². The van der Waals surface area contributed by atoms with Gasteiger partial charge in [0.25, 0.3) is 0 Å². The maximum absolute atomic E-state index is 13.2. The zero-order valence-corrected chi connectivity index (χ0v) is 20.7. The van der Waals surface area contributed by atoms with Crippen molar-refractivity contribution in [2.75, 3.05) is 20.3 Å². The molecule has 8 atom stereocenters. The second kappa shape index (κ2) is 9.36. The van der Waals surface area contributed by atoms with Crippen LogP contribution in [0.3, 0.4) is 0 Å². The smallest absolute Gasteiger partial charge is 0.309 e. The van der Waals surface area contributed by atoms with E-state index in [-0.39, 0.29) is 59.3 Å². The van der Waals surface area contributed by atoms with Gasteiger partial charge in [0.1, 0.15) is 23.4 Å². The van der Waals surface area contributed by atoms with E-state index in [1.165, 1.54) is 5.57 Å². The second-order valence-electron chi connectivity index (χ2n) is 11.0. The van der Waals surface area contributed by atoms with Gasteiger partial charge in [-0.1, -0.05) is 18.1 Å². The molecule has 5 unspecified atom stereocenters. The van der Waals surface area contributed by atoms with E-state index in [2.05, 4.69) is 26.8 Å². The van der Waals surface area contributed by atoms with Crippen LogP contribution in [0.15, 0.2) is 11.6 Å². The molecule has 2 aliphatic carbocycles. The van der Waals surface area contributed by atoms with Gasteiger partial charge < -0.3 is 23.7 Å². The van der Waals surface area contributed by atoms with Crippen molar-refractivity contribution in [3.63, 3.8) is 0 Å². The molecule has 4 rings (SSSR count). The quantitative estimate of drug-likeness (QED) is 0.294. The van der Waals surface area contributed by atoms with E-state index in [4.69, 9.17) is 23.7 Å². The Morgan fingerprint density at radius 1 is 1.22 bits per heavy atom. The first kappa shape index (κ1) is 24.2. The highest BCUT2D eigenvalue weighted by Gasteiger charge is 2.72. The molecule has 2 heterocycles. The molecular formula is C26H42O6. The summed E-state index contributed by atoms with van der Waals surface area (Å²) in [6, 6.07) is 0. The topological polar surface area (TPSA) is 69.8 Å². The highest BCUT2D eigenvalue weighted by atomic mass is 16.6. The number of hydrogen-bond donors (Lipinski definition) is 0. The highest BCUT2D eigenvalue weighted by molar-refractivity contribution is 5.73. The molecule has 2 saturated heterocycles. The summed E-state index contributed by atoms with van der Waals surface area (Å²) < 4.78 is 30.3. The number of carbonyl (C=O) groups excluding carboxylic acids is 1. The van der Waals surface area contributed by atoms with Gasteiger partial charge in [-0.05, 0) is 72.6 Å². The van der Waals surface area contributed by atoms with Crippen molar-refractivity contribution < 1.29 is 28.5 Å². The largest absolute Gasteiger partial charge is 0.459 e. The van der Waals surface area contributed by atoms with Gasteiger partial charge in [0, 0.05) is 7.11 Å². The van der Waals surface area contributed by atoms with Crippen molar-refractivity contribution in [1.29, 1.82) is 0 Å². The minimum absolute atomic E-state index is 0.0609. The van der Waals surface area contributed by atoms with Crippen LogP contribution in [0.2, 0.25) is 0 Å². The molecule has 182 valence electrons. The van der Waals surface area contributed by atoms with Crippen LogP contribution in [-0.2, 0) is 28.5 Å². The number of rotatable bonds is 9. The molecule has 0 radical (unpaired) electrons. The molecule has 32 heavy (non-hydrogen) atoms. The molecule has 0 aromatic carbocycles. The van der Waals surface area contributed by atoms with E-state index in [1.54, 1.807) is 7.11 Å². The van der Waals surface area contributed by atoms with Gasteiger partial charge in [-0.2, -0.15) is 0 Å². The van der Waals surface area contributed by atoms with E-state index < -0.39 is 0 Å². The van der Waals surface area contributed by atoms with Crippen LogP contribution in [0.1, 0.15) is 73.1 Å². The Morgan fingerprint density at radius 3 is 2.59 bits per heavy atom. The Hall–Kier alpha value is -0.950. The molecule has 6 heteroatoms. The first-order valence-corrected chi connectivity index (χ1v) is 12.5. The summed E-state index contributed by atoms with van der Waals surface area (Å²) in [5.74, 6) is 0.157. The van der Waals surface area contributed by atoms with Gasteiger partial charge in [0.05, 0.1) is 37.3 Å². The van der Waals surface area contributed by atoms with Gasteiger partial charge in [-0.3, -0.25) is 4.79 Å². The van der Waals surface area contributed by atoms with Crippen LogP contribution in [0.5, 0.6) is 0 Å². The summed E-state index contributed by atoms with van der Waals surface area (Å²) in [4.78, 5) is 13.2. The van der Waals surface area contributed by atoms with Crippen LogP contribution in [-0.4, -0.2) is 61.9 Å². The number of epoxide rings is 2. The standard InChI is InChI=1S/C26H42O6/c1-16(2)10-11-21-25(5,32-21)23-22(28-6)20(12-13-26(23)15-30-26)31-24(27)19-9-7-8-18(19)14-29-17(3)4/h10,17-23H,7-9,11-15H2,1-6H3/t18-,19?,20?,21+,22?,23?,25?,26-/m0/s1. The van der Waals surface area contributed by atoms with E-state index in [1.807, 2.05) is 13.8 Å². The van der Waals surface area contributed by atoms with Crippen LogP contribution in [0.4, 0.5) is 0 Å². The maximum Gasteiger partial charge on any atom is 0.309 e. The Balaban J connectivity index is 1.44. The molecule has 4 aliphatic rings. The predicted octanol–water partition coefficient (Wildman–Crippen LogP) is 4.45. The third-order valence-electron chi connectivity index (χ3n) is 8.11. The van der Waals surface area contributed by atoms with Gasteiger partial charge in [-0.25, -0.2) is 0 Å². The van der Waals surface area contributed by atoms with E-state index in [0.717, 1.165) is 45.1 Å². The highest BCUT2D eigenvalue weighted by Crippen LogP contribution is 2.59. The van der Waals surface area contributed by atoms with Gasteiger partial charge in [0.2, 0.25) is 0 Å². The van der Waals surface area contributed by atoms with Crippen LogP contribution in [0.25, 0.3) is 0 Å². The SMILES string of the molecule is COC1C(OC(=O)C2CCC[C@H]2COC(C)C)CC[C@]2(CO2)C1C1(C)O[C@@H]1CC=C(C)C. The van der Waals surface area contributed by atoms with Gasteiger partial charge in [0.15, 0.2) is 0 Å². The number of esters is 1. The molecule has 2 aliphatic heterocycles. The molecule has 2 saturated carbocycles. The summed E-state index contributed by atoms with van der Waals surface area (Å²) in [6.07, 6.45) is 7.61. The lowest BCUT2D eigenvalue weighted by molar-refractivity contribution is -0.178. The molecule has 0 bridgehead atoms. The first-order chi connectivity index (χ1) is 15.2. The van der Waals surface area contributed by atoms with E-state index in [9.17, 15) is 4.79 Å². The first-order valence-electron chi connectivity index (χ1n) is 12.5.